The minimum absolute atomic E-state index is 0.113. The predicted octanol–water partition coefficient (Wildman–Crippen LogP) is 2.42. The van der Waals surface area contributed by atoms with Crippen LogP contribution >= 0.6 is 20.8 Å². The summed E-state index contributed by atoms with van der Waals surface area (Å²) in [5.41, 5.74) is -0.214. The third-order valence-electron chi connectivity index (χ3n) is 1.75. The number of thioether (sulfide) groups is 1. The lowest BCUT2D eigenvalue weighted by molar-refractivity contribution is 0.197. The third kappa shape index (κ3) is 5.99. The molecule has 0 aliphatic heterocycles. The number of aliphatic hydroxyl groups excluding tert-OH is 1. The van der Waals surface area contributed by atoms with Gasteiger partial charge in [-0.05, 0) is 4.91 Å². The molecule has 0 aliphatic carbocycles. The smallest absolute Gasteiger partial charge is 0.154 e. The zero-order chi connectivity index (χ0) is 11.0. The summed E-state index contributed by atoms with van der Waals surface area (Å²) in [6.45, 7) is 8.65. The van der Waals surface area contributed by atoms with Crippen molar-refractivity contribution in [3.63, 3.8) is 0 Å². The highest BCUT2D eigenvalue weighted by molar-refractivity contribution is 8.03. The highest BCUT2D eigenvalue weighted by Crippen LogP contribution is 2.33. The molecule has 0 bridgehead atoms. The van der Waals surface area contributed by atoms with Crippen LogP contribution in [-0.2, 0) is 9.05 Å². The quantitative estimate of drug-likeness (QED) is 0.520. The molecule has 14 heavy (non-hydrogen) atoms. The molecule has 0 aromatic carbocycles. The molecule has 84 valence electrons. The van der Waals surface area contributed by atoms with E-state index in [1.165, 1.54) is 0 Å². The van der Waals surface area contributed by atoms with E-state index in [1.54, 1.807) is 18.9 Å². The fourth-order valence-electron chi connectivity index (χ4n) is 0.591. The summed E-state index contributed by atoms with van der Waals surface area (Å²) in [4.78, 5) is 0.990. The summed E-state index contributed by atoms with van der Waals surface area (Å²) in [5.74, 6) is 0.846. The Hall–Kier alpha value is 0.400. The molecule has 1 unspecified atom stereocenters. The van der Waals surface area contributed by atoms with E-state index in [9.17, 15) is 0 Å². The van der Waals surface area contributed by atoms with Crippen LogP contribution in [0.1, 0.15) is 13.8 Å². The minimum Gasteiger partial charge on any atom is -0.395 e. The average Bonchev–Trinajstić information content (AvgIpc) is 2.17. The van der Waals surface area contributed by atoms with E-state index in [2.05, 4.69) is 6.58 Å². The van der Waals surface area contributed by atoms with E-state index in [0.29, 0.717) is 6.61 Å². The van der Waals surface area contributed by atoms with Crippen LogP contribution in [0.15, 0.2) is 11.5 Å². The first-order valence-electron chi connectivity index (χ1n) is 4.37. The number of aliphatic hydroxyl groups is 1. The molecule has 0 heterocycles. The Morgan fingerprint density at radius 3 is 2.71 bits per heavy atom. The highest BCUT2D eigenvalue weighted by atomic mass is 32.2. The van der Waals surface area contributed by atoms with Crippen molar-refractivity contribution in [2.75, 3.05) is 26.1 Å². The molecule has 1 N–H and O–H groups in total. The third-order valence-corrected chi connectivity index (χ3v) is 3.51. The molecule has 0 aromatic rings. The largest absolute Gasteiger partial charge is 0.395 e. The minimum atomic E-state index is -0.214. The lowest BCUT2D eigenvalue weighted by atomic mass is 9.95. The van der Waals surface area contributed by atoms with Gasteiger partial charge in [-0.3, -0.25) is 0 Å². The molecule has 0 saturated carbocycles. The monoisotopic (exact) mass is 238 g/mol. The molecule has 0 rings (SSSR count). The van der Waals surface area contributed by atoms with Crippen molar-refractivity contribution >= 4 is 20.8 Å². The van der Waals surface area contributed by atoms with Crippen LogP contribution in [0.3, 0.4) is 0 Å². The number of hydrogen-bond donors (Lipinski definition) is 1. The van der Waals surface area contributed by atoms with Gasteiger partial charge >= 0.3 is 0 Å². The second-order valence-electron chi connectivity index (χ2n) is 3.45. The Morgan fingerprint density at radius 2 is 2.21 bits per heavy atom. The van der Waals surface area contributed by atoms with Crippen LogP contribution in [0.2, 0.25) is 0 Å². The van der Waals surface area contributed by atoms with E-state index in [1.807, 2.05) is 13.8 Å². The van der Waals surface area contributed by atoms with E-state index in [0.717, 1.165) is 10.7 Å². The Labute approximate surface area is 92.2 Å². The van der Waals surface area contributed by atoms with Gasteiger partial charge in [0, 0.05) is 18.3 Å². The molecule has 0 aliphatic rings. The molecule has 3 nitrogen and oxygen atoms in total. The first kappa shape index (κ1) is 14.4. The van der Waals surface area contributed by atoms with Crippen LogP contribution in [0, 0.1) is 5.41 Å². The molecule has 0 amide bonds. The van der Waals surface area contributed by atoms with Crippen LogP contribution in [0.5, 0.6) is 0 Å². The molecular weight excluding hydrogens is 219 g/mol. The Balaban J connectivity index is 3.54. The molecule has 0 aromatic heterocycles. The van der Waals surface area contributed by atoms with Gasteiger partial charge in [-0.25, -0.2) is 0 Å². The SMILES string of the molecule is C=C(SCCOPOC)C(C)(C)CO. The van der Waals surface area contributed by atoms with Gasteiger partial charge in [0.15, 0.2) is 9.03 Å². The normalized spacial score (nSPS) is 12.6. The first-order valence-corrected chi connectivity index (χ1v) is 6.17. The van der Waals surface area contributed by atoms with Crippen LogP contribution in [0.4, 0.5) is 0 Å². The van der Waals surface area contributed by atoms with E-state index < -0.39 is 0 Å². The first-order chi connectivity index (χ1) is 6.54. The zero-order valence-corrected chi connectivity index (χ0v) is 10.8. The molecule has 0 fully saturated rings. The maximum absolute atomic E-state index is 9.08. The summed E-state index contributed by atoms with van der Waals surface area (Å²) in [7, 11) is 1.72. The van der Waals surface area contributed by atoms with E-state index in [-0.39, 0.29) is 21.1 Å². The summed E-state index contributed by atoms with van der Waals surface area (Å²) < 4.78 is 9.93. The summed E-state index contributed by atoms with van der Waals surface area (Å²) >= 11 is 1.63. The topological polar surface area (TPSA) is 38.7 Å². The van der Waals surface area contributed by atoms with Crippen molar-refractivity contribution in [3.8, 4) is 0 Å². The van der Waals surface area contributed by atoms with Gasteiger partial charge in [0.1, 0.15) is 0 Å². The number of hydrogen-bond acceptors (Lipinski definition) is 4. The van der Waals surface area contributed by atoms with Gasteiger partial charge in [0.25, 0.3) is 0 Å². The van der Waals surface area contributed by atoms with Crippen molar-refractivity contribution in [2.45, 2.75) is 13.8 Å². The fourth-order valence-corrected chi connectivity index (χ4v) is 1.91. The van der Waals surface area contributed by atoms with Crippen molar-refractivity contribution in [1.82, 2.24) is 0 Å². The van der Waals surface area contributed by atoms with Gasteiger partial charge in [-0.15, -0.1) is 11.8 Å². The van der Waals surface area contributed by atoms with Gasteiger partial charge in [0.2, 0.25) is 0 Å². The van der Waals surface area contributed by atoms with E-state index >= 15 is 0 Å². The molecule has 0 saturated heterocycles. The summed E-state index contributed by atoms with van der Waals surface area (Å²) in [6, 6.07) is 0. The van der Waals surface area contributed by atoms with Crippen molar-refractivity contribution in [3.05, 3.63) is 11.5 Å². The predicted molar refractivity (Wildman–Crippen MR) is 63.7 cm³/mol. The average molecular weight is 238 g/mol. The molecule has 0 spiro atoms. The lowest BCUT2D eigenvalue weighted by Gasteiger charge is -2.23. The van der Waals surface area contributed by atoms with Crippen molar-refractivity contribution in [2.24, 2.45) is 5.41 Å². The zero-order valence-electron chi connectivity index (χ0n) is 9.00. The second kappa shape index (κ2) is 7.66. The Bertz CT molecular complexity index is 173. The highest BCUT2D eigenvalue weighted by Gasteiger charge is 2.20. The number of rotatable bonds is 8. The van der Waals surface area contributed by atoms with Gasteiger partial charge in [-0.2, -0.15) is 0 Å². The van der Waals surface area contributed by atoms with Crippen LogP contribution in [-0.4, -0.2) is 31.2 Å². The Morgan fingerprint density at radius 1 is 1.57 bits per heavy atom. The van der Waals surface area contributed by atoms with Crippen LogP contribution in [0.25, 0.3) is 0 Å². The maximum Gasteiger partial charge on any atom is 0.154 e. The van der Waals surface area contributed by atoms with Gasteiger partial charge < -0.3 is 14.2 Å². The van der Waals surface area contributed by atoms with Gasteiger partial charge in [-0.1, -0.05) is 20.4 Å². The standard InChI is InChI=1S/C9H19O3PS/c1-8(9(2,3)7-10)14-6-5-12-13-11-4/h10,13H,1,5-7H2,2-4H3. The van der Waals surface area contributed by atoms with E-state index in [4.69, 9.17) is 14.2 Å². The van der Waals surface area contributed by atoms with Crippen molar-refractivity contribution < 1.29 is 14.2 Å². The molecule has 1 atom stereocenters. The maximum atomic E-state index is 9.08. The Kier molecular flexibility index (Phi) is 7.88. The molecule has 5 heteroatoms. The second-order valence-corrected chi connectivity index (χ2v) is 5.50. The molecular formula is C9H19O3PS. The summed E-state index contributed by atoms with van der Waals surface area (Å²) in [5, 5.41) is 9.08. The van der Waals surface area contributed by atoms with Gasteiger partial charge in [0.05, 0.1) is 13.2 Å². The van der Waals surface area contributed by atoms with Crippen LogP contribution < -0.4 is 0 Å². The fraction of sp³-hybridized carbons (Fsp3) is 0.778. The molecule has 0 radical (unpaired) electrons. The lowest BCUT2D eigenvalue weighted by Crippen LogP contribution is -2.17. The van der Waals surface area contributed by atoms with Crippen molar-refractivity contribution in [1.29, 1.82) is 0 Å². The summed E-state index contributed by atoms with van der Waals surface area (Å²) in [6.07, 6.45) is 0.